The second kappa shape index (κ2) is 5.26. The third kappa shape index (κ3) is 2.62. The highest BCUT2D eigenvalue weighted by atomic mass is 16.5. The van der Waals surface area contributed by atoms with E-state index in [1.165, 1.54) is 18.5 Å². The molecule has 0 aliphatic rings. The maximum Gasteiger partial charge on any atom is 0.341 e. The molecule has 0 aliphatic carbocycles. The van der Waals surface area contributed by atoms with Gasteiger partial charge in [-0.15, -0.1) is 5.10 Å². The van der Waals surface area contributed by atoms with Crippen molar-refractivity contribution in [3.8, 4) is 11.6 Å². The Morgan fingerprint density at radius 2 is 2.39 bits per heavy atom. The van der Waals surface area contributed by atoms with Gasteiger partial charge in [0.1, 0.15) is 5.56 Å². The molecule has 0 saturated heterocycles. The van der Waals surface area contributed by atoms with E-state index in [1.54, 1.807) is 10.9 Å². The summed E-state index contributed by atoms with van der Waals surface area (Å²) in [4.78, 5) is 11.0. The fourth-order valence-corrected chi connectivity index (χ4v) is 1.42. The molecule has 0 saturated carbocycles. The third-order valence-corrected chi connectivity index (χ3v) is 2.19. The maximum atomic E-state index is 11.0. The molecule has 2 aromatic heterocycles. The van der Waals surface area contributed by atoms with Crippen LogP contribution in [-0.2, 0) is 6.54 Å². The van der Waals surface area contributed by atoms with Crippen LogP contribution in [0.2, 0.25) is 0 Å². The topological polar surface area (TPSA) is 90.1 Å². The SMILES string of the molecule is CCCn1cc(Oc2nnccc2C(=O)O)cn1. The van der Waals surface area contributed by atoms with E-state index in [1.807, 2.05) is 6.92 Å². The van der Waals surface area contributed by atoms with Crippen molar-refractivity contribution in [2.24, 2.45) is 0 Å². The number of hydrogen-bond donors (Lipinski definition) is 1. The second-order valence-electron chi connectivity index (χ2n) is 3.60. The third-order valence-electron chi connectivity index (χ3n) is 2.19. The maximum absolute atomic E-state index is 11.0. The normalized spacial score (nSPS) is 10.3. The van der Waals surface area contributed by atoms with Crippen LogP contribution in [0, 0.1) is 0 Å². The van der Waals surface area contributed by atoms with E-state index in [9.17, 15) is 4.79 Å². The number of ether oxygens (including phenoxy) is 1. The number of nitrogens with zero attached hydrogens (tertiary/aromatic N) is 4. The summed E-state index contributed by atoms with van der Waals surface area (Å²) in [6, 6.07) is 1.33. The Balaban J connectivity index is 2.20. The summed E-state index contributed by atoms with van der Waals surface area (Å²) in [5, 5.41) is 20.3. The molecule has 0 fully saturated rings. The van der Waals surface area contributed by atoms with Gasteiger partial charge in [0.25, 0.3) is 5.88 Å². The summed E-state index contributed by atoms with van der Waals surface area (Å²) in [5.41, 5.74) is -0.0340. The molecule has 7 nitrogen and oxygen atoms in total. The molecule has 0 aliphatic heterocycles. The Bertz CT molecular complexity index is 553. The van der Waals surface area contributed by atoms with Gasteiger partial charge in [0.05, 0.1) is 18.6 Å². The van der Waals surface area contributed by atoms with Crippen LogP contribution < -0.4 is 4.74 Å². The van der Waals surface area contributed by atoms with Gasteiger partial charge in [-0.2, -0.15) is 10.2 Å². The van der Waals surface area contributed by atoms with Crippen molar-refractivity contribution >= 4 is 5.97 Å². The minimum Gasteiger partial charge on any atom is -0.477 e. The largest absolute Gasteiger partial charge is 0.477 e. The van der Waals surface area contributed by atoms with Crippen molar-refractivity contribution in [1.82, 2.24) is 20.0 Å². The van der Waals surface area contributed by atoms with Gasteiger partial charge < -0.3 is 9.84 Å². The molecule has 0 spiro atoms. The molecule has 94 valence electrons. The molecule has 7 heteroatoms. The van der Waals surface area contributed by atoms with Crippen molar-refractivity contribution < 1.29 is 14.6 Å². The predicted octanol–water partition coefficient (Wildman–Crippen LogP) is 1.57. The van der Waals surface area contributed by atoms with Gasteiger partial charge in [0.2, 0.25) is 0 Å². The monoisotopic (exact) mass is 248 g/mol. The quantitative estimate of drug-likeness (QED) is 0.863. The molecule has 0 atom stereocenters. The van der Waals surface area contributed by atoms with Gasteiger partial charge in [-0.25, -0.2) is 4.79 Å². The Morgan fingerprint density at radius 1 is 1.56 bits per heavy atom. The number of carboxylic acid groups (broad SMARTS) is 1. The Labute approximate surface area is 103 Å². The lowest BCUT2D eigenvalue weighted by Gasteiger charge is -2.03. The minimum atomic E-state index is -1.11. The van der Waals surface area contributed by atoms with E-state index in [0.29, 0.717) is 5.75 Å². The number of rotatable bonds is 5. The minimum absolute atomic E-state index is 0.0340. The summed E-state index contributed by atoms with van der Waals surface area (Å²) in [5.74, 6) is -0.714. The zero-order valence-electron chi connectivity index (χ0n) is 9.78. The molecule has 0 unspecified atom stereocenters. The first kappa shape index (κ1) is 12.0. The van der Waals surface area contributed by atoms with E-state index in [4.69, 9.17) is 9.84 Å². The van der Waals surface area contributed by atoms with Gasteiger partial charge >= 0.3 is 5.97 Å². The van der Waals surface area contributed by atoms with E-state index in [0.717, 1.165) is 13.0 Å². The van der Waals surface area contributed by atoms with Crippen LogP contribution in [-0.4, -0.2) is 31.1 Å². The summed E-state index contributed by atoms with van der Waals surface area (Å²) in [7, 11) is 0. The van der Waals surface area contributed by atoms with Gasteiger partial charge in [0.15, 0.2) is 5.75 Å². The zero-order valence-corrected chi connectivity index (χ0v) is 9.78. The lowest BCUT2D eigenvalue weighted by Crippen LogP contribution is -2.02. The molecule has 2 heterocycles. The number of carboxylic acids is 1. The number of aryl methyl sites for hydroxylation is 1. The van der Waals surface area contributed by atoms with Crippen molar-refractivity contribution in [2.75, 3.05) is 0 Å². The molecular weight excluding hydrogens is 236 g/mol. The van der Waals surface area contributed by atoms with Crippen molar-refractivity contribution in [3.05, 3.63) is 30.2 Å². The van der Waals surface area contributed by atoms with Crippen LogP contribution in [0.25, 0.3) is 0 Å². The predicted molar refractivity (Wildman–Crippen MR) is 61.6 cm³/mol. The smallest absolute Gasteiger partial charge is 0.341 e. The van der Waals surface area contributed by atoms with E-state index < -0.39 is 5.97 Å². The molecule has 0 radical (unpaired) electrons. The van der Waals surface area contributed by atoms with Crippen LogP contribution >= 0.6 is 0 Å². The molecule has 0 amide bonds. The molecular formula is C11H12N4O3. The average molecular weight is 248 g/mol. The number of carbonyl (C=O) groups is 1. The lowest BCUT2D eigenvalue weighted by atomic mass is 10.3. The van der Waals surface area contributed by atoms with Crippen molar-refractivity contribution in [1.29, 1.82) is 0 Å². The highest BCUT2D eigenvalue weighted by molar-refractivity contribution is 5.89. The Morgan fingerprint density at radius 3 is 3.11 bits per heavy atom. The van der Waals surface area contributed by atoms with E-state index >= 15 is 0 Å². The molecule has 0 aromatic carbocycles. The standard InChI is InChI=1S/C11H12N4O3/c1-2-5-15-7-8(6-13-15)18-10-9(11(16)17)3-4-12-14-10/h3-4,6-7H,2,5H2,1H3,(H,16,17). The van der Waals surface area contributed by atoms with Crippen LogP contribution in [0.5, 0.6) is 11.6 Å². The van der Waals surface area contributed by atoms with Gasteiger partial charge in [0, 0.05) is 6.54 Å². The zero-order chi connectivity index (χ0) is 13.0. The molecule has 18 heavy (non-hydrogen) atoms. The molecule has 2 aromatic rings. The van der Waals surface area contributed by atoms with Gasteiger partial charge in [-0.3, -0.25) is 4.68 Å². The van der Waals surface area contributed by atoms with Crippen LogP contribution in [0.1, 0.15) is 23.7 Å². The van der Waals surface area contributed by atoms with E-state index in [2.05, 4.69) is 15.3 Å². The molecule has 2 rings (SSSR count). The van der Waals surface area contributed by atoms with E-state index in [-0.39, 0.29) is 11.4 Å². The molecule has 0 bridgehead atoms. The lowest BCUT2D eigenvalue weighted by molar-refractivity contribution is 0.0693. The van der Waals surface area contributed by atoms with Crippen LogP contribution in [0.3, 0.4) is 0 Å². The van der Waals surface area contributed by atoms with Gasteiger partial charge in [-0.05, 0) is 12.5 Å². The number of hydrogen-bond acceptors (Lipinski definition) is 5. The molecule has 1 N–H and O–H groups in total. The first-order valence-corrected chi connectivity index (χ1v) is 5.46. The summed E-state index contributed by atoms with van der Waals surface area (Å²) < 4.78 is 7.07. The number of aromatic nitrogens is 4. The highest BCUT2D eigenvalue weighted by Crippen LogP contribution is 2.21. The second-order valence-corrected chi connectivity index (χ2v) is 3.60. The van der Waals surface area contributed by atoms with Crippen molar-refractivity contribution in [3.63, 3.8) is 0 Å². The highest BCUT2D eigenvalue weighted by Gasteiger charge is 2.14. The fourth-order valence-electron chi connectivity index (χ4n) is 1.42. The van der Waals surface area contributed by atoms with Crippen LogP contribution in [0.15, 0.2) is 24.7 Å². The van der Waals surface area contributed by atoms with Gasteiger partial charge in [-0.1, -0.05) is 6.92 Å². The summed E-state index contributed by atoms with van der Waals surface area (Å²) in [6.45, 7) is 2.81. The van der Waals surface area contributed by atoms with Crippen LogP contribution in [0.4, 0.5) is 0 Å². The van der Waals surface area contributed by atoms with Crippen molar-refractivity contribution in [2.45, 2.75) is 19.9 Å². The average Bonchev–Trinajstić information content (AvgIpc) is 2.77. The number of aromatic carboxylic acids is 1. The first-order chi connectivity index (χ1) is 8.70. The first-order valence-electron chi connectivity index (χ1n) is 5.46. The Hall–Kier alpha value is -2.44. The fraction of sp³-hybridized carbons (Fsp3) is 0.273. The summed E-state index contributed by atoms with van der Waals surface area (Å²) in [6.07, 6.45) is 5.45. The summed E-state index contributed by atoms with van der Waals surface area (Å²) >= 11 is 0. The Kier molecular flexibility index (Phi) is 3.52.